The number of benzene rings is 9. The van der Waals surface area contributed by atoms with Crippen molar-refractivity contribution in [3.05, 3.63) is 176 Å². The monoisotopic (exact) mass is 611 g/mol. The van der Waals surface area contributed by atoms with Crippen molar-refractivity contribution in [3.63, 3.8) is 0 Å². The lowest BCUT2D eigenvalue weighted by molar-refractivity contribution is 0.672. The van der Waals surface area contributed by atoms with E-state index in [1.807, 2.05) is 6.07 Å². The minimum absolute atomic E-state index is 0.908. The molecule has 0 amide bonds. The first-order chi connectivity index (χ1) is 23.8. The Kier molecular flexibility index (Phi) is 5.91. The Bertz CT molecular complexity index is 2850. The fraction of sp³-hybridized carbons (Fsp3) is 0. The maximum atomic E-state index is 6.52. The molecule has 0 saturated heterocycles. The first-order valence-corrected chi connectivity index (χ1v) is 16.4. The average Bonchev–Trinajstić information content (AvgIpc) is 3.54. The van der Waals surface area contributed by atoms with Gasteiger partial charge in [-0.2, -0.15) is 0 Å². The van der Waals surface area contributed by atoms with Crippen LogP contribution in [0.5, 0.6) is 0 Å². The number of anilines is 3. The molecule has 0 aliphatic carbocycles. The Hall–Kier alpha value is -6.38. The molecule has 0 aliphatic heterocycles. The fourth-order valence-electron chi connectivity index (χ4n) is 7.55. The lowest BCUT2D eigenvalue weighted by Crippen LogP contribution is -2.11. The third-order valence-electron chi connectivity index (χ3n) is 9.80. The molecule has 0 radical (unpaired) electrons. The van der Waals surface area contributed by atoms with Gasteiger partial charge in [-0.1, -0.05) is 133 Å². The third-order valence-corrected chi connectivity index (χ3v) is 9.80. The molecule has 0 spiro atoms. The van der Waals surface area contributed by atoms with Crippen LogP contribution in [0.4, 0.5) is 17.1 Å². The van der Waals surface area contributed by atoms with Gasteiger partial charge in [0.1, 0.15) is 11.2 Å². The number of rotatable bonds is 4. The summed E-state index contributed by atoms with van der Waals surface area (Å²) in [5, 5.41) is 12.1. The Morgan fingerprint density at radius 1 is 0.375 bits per heavy atom. The normalized spacial score (nSPS) is 11.8. The van der Waals surface area contributed by atoms with E-state index in [4.69, 9.17) is 4.42 Å². The molecule has 9 aromatic carbocycles. The second-order valence-corrected chi connectivity index (χ2v) is 12.5. The number of fused-ring (bicyclic) bond motifs is 10. The summed E-state index contributed by atoms with van der Waals surface area (Å²) in [7, 11) is 0. The lowest BCUT2D eigenvalue weighted by atomic mass is 9.95. The summed E-state index contributed by atoms with van der Waals surface area (Å²) in [6, 6.07) is 63.4. The summed E-state index contributed by atoms with van der Waals surface area (Å²) in [5.74, 6) is 0. The number of hydrogen-bond acceptors (Lipinski definition) is 2. The highest BCUT2D eigenvalue weighted by Gasteiger charge is 2.20. The van der Waals surface area contributed by atoms with Crippen LogP contribution in [0.25, 0.3) is 76.2 Å². The number of para-hydroxylation sites is 2. The highest BCUT2D eigenvalue weighted by Crippen LogP contribution is 2.44. The molecule has 0 atom stereocenters. The van der Waals surface area contributed by atoms with E-state index in [-0.39, 0.29) is 0 Å². The van der Waals surface area contributed by atoms with Crippen LogP contribution in [0.3, 0.4) is 0 Å². The van der Waals surface area contributed by atoms with E-state index in [9.17, 15) is 0 Å². The summed E-state index contributed by atoms with van der Waals surface area (Å²) in [5.41, 5.74) is 7.47. The predicted octanol–water partition coefficient (Wildman–Crippen LogP) is 13.3. The largest absolute Gasteiger partial charge is 0.455 e. The molecule has 224 valence electrons. The highest BCUT2D eigenvalue weighted by molar-refractivity contribution is 6.21. The van der Waals surface area contributed by atoms with E-state index in [0.717, 1.165) is 49.8 Å². The van der Waals surface area contributed by atoms with Crippen molar-refractivity contribution >= 4 is 82.1 Å². The van der Waals surface area contributed by atoms with E-state index in [1.54, 1.807) is 0 Å². The van der Waals surface area contributed by atoms with E-state index < -0.39 is 0 Å². The van der Waals surface area contributed by atoms with E-state index in [0.29, 0.717) is 0 Å². The van der Waals surface area contributed by atoms with Crippen LogP contribution in [0.15, 0.2) is 180 Å². The quantitative estimate of drug-likeness (QED) is 0.184. The van der Waals surface area contributed by atoms with Crippen LogP contribution in [0.1, 0.15) is 0 Å². The maximum Gasteiger partial charge on any atom is 0.143 e. The molecule has 1 aromatic heterocycles. The molecule has 1 heterocycles. The minimum atomic E-state index is 0.908. The standard InChI is InChI=1S/C46H29NO/c1-2-10-30(11-3-1)37-13-6-8-16-43(37)47(36-24-22-32-23-26-41-40-15-7-9-17-44(40)48-46(41)42(32)29-36)35-25-27-39-34(28-35)21-20-33-19-18-31-12-4-5-14-38(31)45(33)39/h1-29H. The van der Waals surface area contributed by atoms with Gasteiger partial charge >= 0.3 is 0 Å². The highest BCUT2D eigenvalue weighted by atomic mass is 16.3. The van der Waals surface area contributed by atoms with Crippen molar-refractivity contribution in [2.75, 3.05) is 4.90 Å². The molecule has 0 fully saturated rings. The second kappa shape index (κ2) is 10.6. The number of hydrogen-bond donors (Lipinski definition) is 0. The Morgan fingerprint density at radius 2 is 0.979 bits per heavy atom. The summed E-state index contributed by atoms with van der Waals surface area (Å²) in [6.07, 6.45) is 0. The SMILES string of the molecule is c1ccc(-c2ccccc2N(c2ccc3c(ccc4ccc5ccccc5c43)c2)c2ccc3ccc4c5ccccc5oc4c3c2)cc1. The van der Waals surface area contributed by atoms with Gasteiger partial charge in [-0.15, -0.1) is 0 Å². The Balaban J connectivity index is 1.25. The van der Waals surface area contributed by atoms with Crippen LogP contribution in [0, 0.1) is 0 Å². The Morgan fingerprint density at radius 3 is 1.90 bits per heavy atom. The van der Waals surface area contributed by atoms with Crippen LogP contribution >= 0.6 is 0 Å². The first-order valence-electron chi connectivity index (χ1n) is 16.4. The topological polar surface area (TPSA) is 16.4 Å². The van der Waals surface area contributed by atoms with Gasteiger partial charge in [0, 0.05) is 33.1 Å². The van der Waals surface area contributed by atoms with Gasteiger partial charge in [-0.05, 0) is 85.7 Å². The number of nitrogens with zero attached hydrogens (tertiary/aromatic N) is 1. The summed E-state index contributed by atoms with van der Waals surface area (Å²) >= 11 is 0. The third kappa shape index (κ3) is 4.13. The molecule has 0 bridgehead atoms. The van der Waals surface area contributed by atoms with Crippen LogP contribution in [-0.4, -0.2) is 0 Å². The molecule has 2 nitrogen and oxygen atoms in total. The summed E-state index contributed by atoms with van der Waals surface area (Å²) in [4.78, 5) is 2.40. The van der Waals surface area contributed by atoms with E-state index >= 15 is 0 Å². The zero-order chi connectivity index (χ0) is 31.6. The first kappa shape index (κ1) is 26.8. The molecule has 0 unspecified atom stereocenters. The minimum Gasteiger partial charge on any atom is -0.455 e. The molecule has 0 aliphatic rings. The fourth-order valence-corrected chi connectivity index (χ4v) is 7.55. The molecule has 2 heteroatoms. The molecule has 48 heavy (non-hydrogen) atoms. The zero-order valence-corrected chi connectivity index (χ0v) is 26.1. The van der Waals surface area contributed by atoms with Crippen molar-refractivity contribution in [2.45, 2.75) is 0 Å². The van der Waals surface area contributed by atoms with Crippen LogP contribution < -0.4 is 4.90 Å². The molecule has 10 aromatic rings. The van der Waals surface area contributed by atoms with Crippen molar-refractivity contribution < 1.29 is 4.42 Å². The zero-order valence-electron chi connectivity index (χ0n) is 26.1. The van der Waals surface area contributed by atoms with Gasteiger partial charge in [0.05, 0.1) is 5.69 Å². The molecular formula is C46H29NO. The van der Waals surface area contributed by atoms with Crippen molar-refractivity contribution in [2.24, 2.45) is 0 Å². The van der Waals surface area contributed by atoms with Crippen molar-refractivity contribution in [1.29, 1.82) is 0 Å². The van der Waals surface area contributed by atoms with Gasteiger partial charge in [-0.25, -0.2) is 0 Å². The van der Waals surface area contributed by atoms with E-state index in [2.05, 4.69) is 175 Å². The molecule has 10 rings (SSSR count). The van der Waals surface area contributed by atoms with E-state index in [1.165, 1.54) is 43.4 Å². The summed E-state index contributed by atoms with van der Waals surface area (Å²) < 4.78 is 6.52. The molecule has 0 saturated carbocycles. The van der Waals surface area contributed by atoms with Crippen LogP contribution in [0.2, 0.25) is 0 Å². The van der Waals surface area contributed by atoms with Gasteiger partial charge in [-0.3, -0.25) is 0 Å². The lowest BCUT2D eigenvalue weighted by Gasteiger charge is -2.28. The number of furan rings is 1. The summed E-state index contributed by atoms with van der Waals surface area (Å²) in [6.45, 7) is 0. The second-order valence-electron chi connectivity index (χ2n) is 12.5. The smallest absolute Gasteiger partial charge is 0.143 e. The maximum absolute atomic E-state index is 6.52. The Labute approximate surface area is 277 Å². The van der Waals surface area contributed by atoms with Crippen molar-refractivity contribution in [3.8, 4) is 11.1 Å². The predicted molar refractivity (Wildman–Crippen MR) is 204 cm³/mol. The van der Waals surface area contributed by atoms with Gasteiger partial charge in [0.2, 0.25) is 0 Å². The van der Waals surface area contributed by atoms with Crippen molar-refractivity contribution in [1.82, 2.24) is 0 Å². The molecular weight excluding hydrogens is 583 g/mol. The van der Waals surface area contributed by atoms with Gasteiger partial charge in [0.15, 0.2) is 0 Å². The van der Waals surface area contributed by atoms with Crippen LogP contribution in [-0.2, 0) is 0 Å². The molecule has 0 N–H and O–H groups in total. The average molecular weight is 612 g/mol. The van der Waals surface area contributed by atoms with Gasteiger partial charge in [0.25, 0.3) is 0 Å². The van der Waals surface area contributed by atoms with Gasteiger partial charge < -0.3 is 9.32 Å².